The van der Waals surface area contributed by atoms with Crippen molar-refractivity contribution in [2.24, 2.45) is 0 Å². The number of amides is 1. The zero-order valence-electron chi connectivity index (χ0n) is 16.6. The van der Waals surface area contributed by atoms with Crippen LogP contribution < -0.4 is 10.1 Å². The van der Waals surface area contributed by atoms with Crippen LogP contribution in [0.1, 0.15) is 40.3 Å². The Morgan fingerprint density at radius 3 is 3.03 bits per heavy atom. The monoisotopic (exact) mass is 412 g/mol. The van der Waals surface area contributed by atoms with E-state index < -0.39 is 0 Å². The van der Waals surface area contributed by atoms with E-state index in [0.717, 1.165) is 42.1 Å². The third-order valence-electron chi connectivity index (χ3n) is 4.73. The Morgan fingerprint density at radius 1 is 1.38 bits per heavy atom. The summed E-state index contributed by atoms with van der Waals surface area (Å²) in [7, 11) is 0. The molecular weight excluding hydrogens is 388 g/mol. The fourth-order valence-corrected chi connectivity index (χ4v) is 4.08. The highest BCUT2D eigenvalue weighted by molar-refractivity contribution is 7.12. The molecule has 3 aromatic rings. The molecule has 4 rings (SSSR count). The van der Waals surface area contributed by atoms with E-state index in [-0.39, 0.29) is 12.0 Å². The van der Waals surface area contributed by atoms with Crippen molar-refractivity contribution in [1.82, 2.24) is 20.1 Å². The maximum absolute atomic E-state index is 12.5. The van der Waals surface area contributed by atoms with Gasteiger partial charge in [-0.2, -0.15) is 5.10 Å². The molecule has 1 fully saturated rings. The lowest BCUT2D eigenvalue weighted by molar-refractivity contribution is 0.0679. The highest BCUT2D eigenvalue weighted by Gasteiger charge is 2.16. The van der Waals surface area contributed by atoms with Crippen molar-refractivity contribution in [3.8, 4) is 10.9 Å². The first-order valence-electron chi connectivity index (χ1n) is 9.69. The lowest BCUT2D eigenvalue weighted by Gasteiger charge is -2.12. The van der Waals surface area contributed by atoms with E-state index in [4.69, 9.17) is 9.47 Å². The zero-order valence-corrected chi connectivity index (χ0v) is 17.4. The molecule has 0 spiro atoms. The number of ether oxygens (including phenoxy) is 2. The number of aromatic nitrogens is 3. The number of carbonyl (C=O) groups is 1. The minimum absolute atomic E-state index is 0.180. The number of aryl methyl sites for hydroxylation is 2. The Hall–Kier alpha value is -2.71. The molecule has 1 amide bonds. The van der Waals surface area contributed by atoms with Gasteiger partial charge in [0.15, 0.2) is 0 Å². The molecule has 8 heteroatoms. The van der Waals surface area contributed by atoms with E-state index >= 15 is 0 Å². The average molecular weight is 413 g/mol. The summed E-state index contributed by atoms with van der Waals surface area (Å²) in [6, 6.07) is 9.73. The summed E-state index contributed by atoms with van der Waals surface area (Å²) in [5.41, 5.74) is 3.27. The van der Waals surface area contributed by atoms with Crippen molar-refractivity contribution in [1.29, 1.82) is 0 Å². The zero-order chi connectivity index (χ0) is 20.2. The van der Waals surface area contributed by atoms with Gasteiger partial charge in [0.05, 0.1) is 11.8 Å². The molecule has 1 aromatic carbocycles. The van der Waals surface area contributed by atoms with E-state index in [1.165, 1.54) is 11.3 Å². The molecule has 3 heterocycles. The molecule has 0 radical (unpaired) electrons. The second-order valence-corrected chi connectivity index (χ2v) is 7.97. The summed E-state index contributed by atoms with van der Waals surface area (Å²) in [6.07, 6.45) is 2.32. The van der Waals surface area contributed by atoms with E-state index in [9.17, 15) is 4.79 Å². The van der Waals surface area contributed by atoms with Crippen molar-refractivity contribution in [2.45, 2.75) is 39.3 Å². The molecule has 29 heavy (non-hydrogen) atoms. The standard InChI is InChI=1S/C21H24N4O3S/c1-14-9-15(2)25(24-14)21-23-19(13-29-21)20(26)22-11-16-5-3-6-17(10-16)28-12-18-7-4-8-27-18/h3,5-6,9-10,13,18H,4,7-8,11-12H2,1-2H3,(H,22,26)/t18-/m0/s1. The van der Waals surface area contributed by atoms with Gasteiger partial charge in [-0.25, -0.2) is 9.67 Å². The Morgan fingerprint density at radius 2 is 2.28 bits per heavy atom. The maximum atomic E-state index is 12.5. The van der Waals surface area contributed by atoms with Gasteiger partial charge in [-0.05, 0) is 50.5 Å². The van der Waals surface area contributed by atoms with Crippen LogP contribution in [0.2, 0.25) is 0 Å². The number of nitrogens with one attached hydrogen (secondary N) is 1. The third-order valence-corrected chi connectivity index (χ3v) is 5.54. The molecule has 1 saturated heterocycles. The molecule has 152 valence electrons. The Labute approximate surface area is 173 Å². The van der Waals surface area contributed by atoms with E-state index in [1.807, 2.05) is 44.2 Å². The Balaban J connectivity index is 1.33. The van der Waals surface area contributed by atoms with E-state index in [0.29, 0.717) is 24.0 Å². The van der Waals surface area contributed by atoms with Gasteiger partial charge in [-0.15, -0.1) is 11.3 Å². The molecule has 0 unspecified atom stereocenters. The molecule has 1 aliphatic rings. The van der Waals surface area contributed by atoms with Crippen LogP contribution in [0.4, 0.5) is 0 Å². The number of nitrogens with zero attached hydrogens (tertiary/aromatic N) is 3. The molecule has 1 aliphatic heterocycles. The van der Waals surface area contributed by atoms with Gasteiger partial charge in [0.2, 0.25) is 5.13 Å². The number of hydrogen-bond donors (Lipinski definition) is 1. The van der Waals surface area contributed by atoms with Crippen LogP contribution in [-0.2, 0) is 11.3 Å². The maximum Gasteiger partial charge on any atom is 0.271 e. The summed E-state index contributed by atoms with van der Waals surface area (Å²) < 4.78 is 13.2. The van der Waals surface area contributed by atoms with Crippen LogP contribution in [0, 0.1) is 13.8 Å². The van der Waals surface area contributed by atoms with Gasteiger partial charge >= 0.3 is 0 Å². The topological polar surface area (TPSA) is 78.3 Å². The van der Waals surface area contributed by atoms with Crippen LogP contribution in [0.25, 0.3) is 5.13 Å². The smallest absolute Gasteiger partial charge is 0.271 e. The molecule has 0 aliphatic carbocycles. The summed E-state index contributed by atoms with van der Waals surface area (Å²) in [6.45, 7) is 5.68. The Kier molecular flexibility index (Phi) is 5.92. The molecule has 2 aromatic heterocycles. The first-order valence-corrected chi connectivity index (χ1v) is 10.6. The van der Waals surface area contributed by atoms with Crippen LogP contribution in [0.15, 0.2) is 35.7 Å². The van der Waals surface area contributed by atoms with Gasteiger partial charge < -0.3 is 14.8 Å². The van der Waals surface area contributed by atoms with Crippen molar-refractivity contribution in [3.05, 3.63) is 58.4 Å². The van der Waals surface area contributed by atoms with Crippen molar-refractivity contribution in [3.63, 3.8) is 0 Å². The quantitative estimate of drug-likeness (QED) is 0.643. The first-order chi connectivity index (χ1) is 14.1. The SMILES string of the molecule is Cc1cc(C)n(-c2nc(C(=O)NCc3cccc(OC[C@@H]4CCCO4)c3)cs2)n1. The average Bonchev–Trinajstić information content (AvgIpc) is 3.46. The van der Waals surface area contributed by atoms with Gasteiger partial charge in [-0.3, -0.25) is 4.79 Å². The van der Waals surface area contributed by atoms with Gasteiger partial charge in [0, 0.05) is 24.2 Å². The van der Waals surface area contributed by atoms with Gasteiger partial charge in [-0.1, -0.05) is 12.1 Å². The normalized spacial score (nSPS) is 16.1. The van der Waals surface area contributed by atoms with Crippen molar-refractivity contribution in [2.75, 3.05) is 13.2 Å². The second-order valence-electron chi connectivity index (χ2n) is 7.13. The summed E-state index contributed by atoms with van der Waals surface area (Å²) in [5.74, 6) is 0.576. The van der Waals surface area contributed by atoms with Crippen molar-refractivity contribution >= 4 is 17.2 Å². The predicted molar refractivity (Wildman–Crippen MR) is 111 cm³/mol. The largest absolute Gasteiger partial charge is 0.491 e. The number of carbonyl (C=O) groups excluding carboxylic acids is 1. The molecular formula is C21H24N4O3S. The minimum Gasteiger partial charge on any atom is -0.491 e. The van der Waals surface area contributed by atoms with Crippen LogP contribution in [0.3, 0.4) is 0 Å². The lowest BCUT2D eigenvalue weighted by atomic mass is 10.2. The van der Waals surface area contributed by atoms with E-state index in [2.05, 4.69) is 15.4 Å². The molecule has 0 bridgehead atoms. The first kappa shape index (κ1) is 19.6. The van der Waals surface area contributed by atoms with E-state index in [1.54, 1.807) is 10.1 Å². The van der Waals surface area contributed by atoms with Crippen molar-refractivity contribution < 1.29 is 14.3 Å². The van der Waals surface area contributed by atoms with Gasteiger partial charge in [0.25, 0.3) is 5.91 Å². The molecule has 0 saturated carbocycles. The van der Waals surface area contributed by atoms with Crippen LogP contribution in [0.5, 0.6) is 5.75 Å². The predicted octanol–water partition coefficient (Wildman–Crippen LogP) is 3.43. The van der Waals surface area contributed by atoms with Gasteiger partial charge in [0.1, 0.15) is 18.1 Å². The molecule has 1 atom stereocenters. The van der Waals surface area contributed by atoms with Crippen LogP contribution in [-0.4, -0.2) is 40.0 Å². The number of thiazole rings is 1. The second kappa shape index (κ2) is 8.75. The van der Waals surface area contributed by atoms with Crippen LogP contribution >= 0.6 is 11.3 Å². The number of benzene rings is 1. The molecule has 1 N–H and O–H groups in total. The fourth-order valence-electron chi connectivity index (χ4n) is 3.27. The highest BCUT2D eigenvalue weighted by atomic mass is 32.1. The Bertz CT molecular complexity index is 991. The number of rotatable bonds is 7. The number of hydrogen-bond acceptors (Lipinski definition) is 6. The summed E-state index contributed by atoms with van der Waals surface area (Å²) >= 11 is 1.40. The lowest BCUT2D eigenvalue weighted by Crippen LogP contribution is -2.23. The summed E-state index contributed by atoms with van der Waals surface area (Å²) in [5, 5.41) is 9.77. The minimum atomic E-state index is -0.209. The fraction of sp³-hybridized carbons (Fsp3) is 0.381. The third kappa shape index (κ3) is 4.83. The molecule has 7 nitrogen and oxygen atoms in total. The summed E-state index contributed by atoms with van der Waals surface area (Å²) in [4.78, 5) is 16.9. The highest BCUT2D eigenvalue weighted by Crippen LogP contribution is 2.19.